The maximum Gasteiger partial charge on any atom is 0.268 e. The lowest BCUT2D eigenvalue weighted by atomic mass is 10.1. The van der Waals surface area contributed by atoms with Crippen molar-refractivity contribution in [1.29, 1.82) is 0 Å². The van der Waals surface area contributed by atoms with Crippen LogP contribution in [0.3, 0.4) is 0 Å². The zero-order valence-electron chi connectivity index (χ0n) is 36.3. The minimum Gasteiger partial charge on any atom is -0.756 e. The number of allylic oxidation sites excluding steroid dienone is 13. The Bertz CT molecular complexity index is 1180. The molecule has 0 aliphatic carbocycles. The van der Waals surface area contributed by atoms with Crippen LogP contribution in [0.4, 0.5) is 0 Å². The summed E-state index contributed by atoms with van der Waals surface area (Å²) in [5.41, 5.74) is 0. The number of hydrogen-bond donors (Lipinski definition) is 2. The summed E-state index contributed by atoms with van der Waals surface area (Å²) in [5.74, 6) is -0.228. The largest absolute Gasteiger partial charge is 0.756 e. The highest BCUT2D eigenvalue weighted by Gasteiger charge is 2.23. The lowest BCUT2D eigenvalue weighted by Gasteiger charge is -2.29. The number of rotatable bonds is 38. The number of quaternary nitrogens is 1. The van der Waals surface area contributed by atoms with E-state index in [0.29, 0.717) is 17.4 Å². The molecule has 0 fully saturated rings. The topological polar surface area (TPSA) is 108 Å². The van der Waals surface area contributed by atoms with E-state index in [0.717, 1.165) is 89.9 Å². The quantitative estimate of drug-likeness (QED) is 0.0279. The van der Waals surface area contributed by atoms with Gasteiger partial charge >= 0.3 is 0 Å². The monoisotopic (exact) mass is 803 g/mol. The van der Waals surface area contributed by atoms with E-state index in [9.17, 15) is 19.4 Å². The van der Waals surface area contributed by atoms with Crippen LogP contribution in [0.5, 0.6) is 0 Å². The second kappa shape index (κ2) is 38.2. The van der Waals surface area contributed by atoms with Crippen molar-refractivity contribution < 1.29 is 32.9 Å². The summed E-state index contributed by atoms with van der Waals surface area (Å²) >= 11 is 0. The van der Waals surface area contributed by atoms with Crippen molar-refractivity contribution in [3.8, 4) is 0 Å². The first kappa shape index (κ1) is 53.7. The van der Waals surface area contributed by atoms with Crippen LogP contribution in [0, 0.1) is 0 Å². The van der Waals surface area contributed by atoms with Crippen LogP contribution in [0.25, 0.3) is 0 Å². The third-order valence-electron chi connectivity index (χ3n) is 9.11. The molecule has 0 aromatic rings. The predicted octanol–water partition coefficient (Wildman–Crippen LogP) is 11.6. The molecule has 9 heteroatoms. The fourth-order valence-electron chi connectivity index (χ4n) is 5.62. The molecule has 0 saturated carbocycles. The van der Waals surface area contributed by atoms with Gasteiger partial charge < -0.3 is 28.8 Å². The van der Waals surface area contributed by atoms with E-state index in [1.54, 1.807) is 6.08 Å². The number of hydrogen-bond acceptors (Lipinski definition) is 6. The number of likely N-dealkylation sites (N-methyl/N-ethyl adjacent to an activating group) is 1. The van der Waals surface area contributed by atoms with E-state index in [2.05, 4.69) is 92.1 Å². The number of unbranched alkanes of at least 4 members (excludes halogenated alkanes) is 13. The fraction of sp³-hybridized carbons (Fsp3) is 0.681. The van der Waals surface area contributed by atoms with Crippen LogP contribution in [0.15, 0.2) is 85.1 Å². The number of amides is 1. The SMILES string of the molecule is CC/C=C\C/C=C\C/C=C\C/C=C\C/C=C\C/C=C\CCCCCCC(=O)NC(COP(=O)([O-])OCC[N+](C)(C)C)C(O)/C=C/CCCCCCCCCCC. The van der Waals surface area contributed by atoms with Gasteiger partial charge in [0, 0.05) is 6.42 Å². The van der Waals surface area contributed by atoms with Crippen molar-refractivity contribution in [1.82, 2.24) is 5.32 Å². The van der Waals surface area contributed by atoms with Gasteiger partial charge in [-0.15, -0.1) is 0 Å². The Morgan fingerprint density at radius 3 is 1.59 bits per heavy atom. The number of aliphatic hydroxyl groups excluding tert-OH is 1. The summed E-state index contributed by atoms with van der Waals surface area (Å²) < 4.78 is 23.1. The van der Waals surface area contributed by atoms with Crippen LogP contribution >= 0.6 is 7.82 Å². The Hall–Kier alpha value is -2.32. The highest BCUT2D eigenvalue weighted by atomic mass is 31.2. The molecule has 0 rings (SSSR count). The Labute approximate surface area is 344 Å². The lowest BCUT2D eigenvalue weighted by molar-refractivity contribution is -0.870. The number of nitrogens with zero attached hydrogens (tertiary/aromatic N) is 1. The van der Waals surface area contributed by atoms with Gasteiger partial charge in [-0.1, -0.05) is 163 Å². The van der Waals surface area contributed by atoms with Gasteiger partial charge in [0.15, 0.2) is 0 Å². The van der Waals surface area contributed by atoms with Crippen molar-refractivity contribution in [2.75, 3.05) is 40.9 Å². The Morgan fingerprint density at radius 1 is 0.643 bits per heavy atom. The molecular weight excluding hydrogens is 719 g/mol. The Morgan fingerprint density at radius 2 is 1.09 bits per heavy atom. The molecule has 322 valence electrons. The Kier molecular flexibility index (Phi) is 36.6. The van der Waals surface area contributed by atoms with Gasteiger partial charge in [0.2, 0.25) is 5.91 Å². The van der Waals surface area contributed by atoms with Crippen LogP contribution in [0.1, 0.15) is 155 Å². The van der Waals surface area contributed by atoms with Gasteiger partial charge in [-0.2, -0.15) is 0 Å². The predicted molar refractivity (Wildman–Crippen MR) is 237 cm³/mol. The first-order chi connectivity index (χ1) is 27.0. The number of carbonyl (C=O) groups is 1. The van der Waals surface area contributed by atoms with Crippen molar-refractivity contribution >= 4 is 13.7 Å². The van der Waals surface area contributed by atoms with Crippen LogP contribution < -0.4 is 10.2 Å². The highest BCUT2D eigenvalue weighted by Crippen LogP contribution is 2.38. The summed E-state index contributed by atoms with van der Waals surface area (Å²) in [5, 5.41) is 13.7. The van der Waals surface area contributed by atoms with E-state index in [1.165, 1.54) is 44.9 Å². The van der Waals surface area contributed by atoms with Gasteiger partial charge in [-0.25, -0.2) is 0 Å². The number of nitrogens with one attached hydrogen (secondary N) is 1. The number of phosphoric acid groups is 1. The van der Waals surface area contributed by atoms with Gasteiger partial charge in [0.1, 0.15) is 13.2 Å². The van der Waals surface area contributed by atoms with Gasteiger partial charge in [0.25, 0.3) is 7.82 Å². The molecule has 0 bridgehead atoms. The van der Waals surface area contributed by atoms with Crippen molar-refractivity contribution in [3.05, 3.63) is 85.1 Å². The zero-order valence-corrected chi connectivity index (χ0v) is 37.2. The molecule has 0 aromatic carbocycles. The minimum absolute atomic E-state index is 0.0113. The first-order valence-electron chi connectivity index (χ1n) is 21.9. The van der Waals surface area contributed by atoms with Crippen molar-refractivity contribution in [2.24, 2.45) is 0 Å². The molecule has 3 atom stereocenters. The molecule has 2 N–H and O–H groups in total. The molecule has 0 heterocycles. The van der Waals surface area contributed by atoms with Crippen molar-refractivity contribution in [3.63, 3.8) is 0 Å². The maximum absolute atomic E-state index is 12.8. The molecule has 3 unspecified atom stereocenters. The van der Waals surface area contributed by atoms with Gasteiger partial charge in [-0.05, 0) is 70.6 Å². The first-order valence-corrected chi connectivity index (χ1v) is 23.4. The average molecular weight is 803 g/mol. The summed E-state index contributed by atoms with van der Waals surface area (Å²) in [7, 11) is 1.22. The van der Waals surface area contributed by atoms with Crippen molar-refractivity contribution in [2.45, 2.75) is 167 Å². The normalized spacial score (nSPS) is 15.2. The summed E-state index contributed by atoms with van der Waals surface area (Å²) in [6, 6.07) is -0.903. The molecule has 0 saturated heterocycles. The molecule has 0 spiro atoms. The summed E-state index contributed by atoms with van der Waals surface area (Å²) in [6.07, 6.45) is 52.0. The van der Waals surface area contributed by atoms with E-state index in [-0.39, 0.29) is 12.5 Å². The third-order valence-corrected chi connectivity index (χ3v) is 10.1. The average Bonchev–Trinajstić information content (AvgIpc) is 3.15. The van der Waals surface area contributed by atoms with E-state index in [4.69, 9.17) is 9.05 Å². The number of carbonyl (C=O) groups excluding carboxylic acids is 1. The smallest absolute Gasteiger partial charge is 0.268 e. The van der Waals surface area contributed by atoms with Crippen LogP contribution in [-0.2, 0) is 18.4 Å². The number of phosphoric ester groups is 1. The minimum atomic E-state index is -4.60. The van der Waals surface area contributed by atoms with Gasteiger partial charge in [-0.3, -0.25) is 9.36 Å². The second-order valence-electron chi connectivity index (χ2n) is 15.7. The molecule has 0 aromatic heterocycles. The highest BCUT2D eigenvalue weighted by molar-refractivity contribution is 7.45. The van der Waals surface area contributed by atoms with Crippen LogP contribution in [0.2, 0.25) is 0 Å². The standard InChI is InChI=1S/C47H83N2O6P/c1-6-8-10-12-14-16-18-19-20-21-22-23-24-25-26-27-28-29-31-33-35-37-39-41-47(51)48-45(44-55-56(52,53)54-43-42-49(3,4)5)46(50)40-38-36-34-32-30-17-15-13-11-9-7-2/h8,10,14,16,19-20,22-23,25-26,28-29,38,40,45-46,50H,6-7,9,11-13,15,17-18,21,24,27,30-37,39,41-44H2,1-5H3,(H-,48,51,52,53)/b10-8-,16-14-,20-19-,23-22-,26-25-,29-28-,40-38+. The summed E-state index contributed by atoms with van der Waals surface area (Å²) in [4.78, 5) is 25.3. The molecule has 56 heavy (non-hydrogen) atoms. The molecule has 8 nitrogen and oxygen atoms in total. The molecule has 0 radical (unpaired) electrons. The fourth-order valence-corrected chi connectivity index (χ4v) is 6.35. The molecule has 1 amide bonds. The number of aliphatic hydroxyl groups is 1. The maximum atomic E-state index is 12.8. The zero-order chi connectivity index (χ0) is 41.4. The van der Waals surface area contributed by atoms with E-state index < -0.39 is 26.6 Å². The molecular formula is C47H83N2O6P. The van der Waals surface area contributed by atoms with Gasteiger partial charge in [0.05, 0.1) is 39.9 Å². The second-order valence-corrected chi connectivity index (χ2v) is 17.1. The molecule has 0 aliphatic rings. The van der Waals surface area contributed by atoms with Crippen LogP contribution in [-0.4, -0.2) is 68.5 Å². The Balaban J connectivity index is 4.44. The van der Waals surface area contributed by atoms with E-state index >= 15 is 0 Å². The van der Waals surface area contributed by atoms with E-state index in [1.807, 2.05) is 27.2 Å². The summed E-state index contributed by atoms with van der Waals surface area (Å²) in [6.45, 7) is 4.46. The molecule has 0 aliphatic heterocycles. The lowest BCUT2D eigenvalue weighted by Crippen LogP contribution is -2.45. The third kappa shape index (κ3) is 39.9.